The van der Waals surface area contributed by atoms with E-state index >= 15 is 0 Å². The topological polar surface area (TPSA) is 12.0 Å². The third-order valence-corrected chi connectivity index (χ3v) is 4.14. The van der Waals surface area contributed by atoms with E-state index in [1.54, 1.807) is 23.5 Å². The van der Waals surface area contributed by atoms with Crippen molar-refractivity contribution in [3.8, 4) is 0 Å². The molecule has 1 aromatic heterocycles. The summed E-state index contributed by atoms with van der Waals surface area (Å²) in [6.07, 6.45) is 0.944. The molecule has 0 aliphatic carbocycles. The van der Waals surface area contributed by atoms with Crippen LogP contribution in [0, 0.1) is 5.82 Å². The molecule has 1 aromatic carbocycles. The molecule has 0 saturated heterocycles. The third kappa shape index (κ3) is 3.18. The van der Waals surface area contributed by atoms with Crippen molar-refractivity contribution >= 4 is 11.3 Å². The molecule has 0 aliphatic rings. The molecule has 0 amide bonds. The molecule has 1 heterocycles. The van der Waals surface area contributed by atoms with Gasteiger partial charge in [-0.2, -0.15) is 0 Å². The smallest absolute Gasteiger partial charge is 0.123 e. The number of hydrogen-bond donors (Lipinski definition) is 1. The fourth-order valence-electron chi connectivity index (χ4n) is 2.09. The normalized spacial score (nSPS) is 14.4. The Morgan fingerprint density at radius 1 is 1.28 bits per heavy atom. The molecule has 0 bridgehead atoms. The third-order valence-electron chi connectivity index (χ3n) is 3.08. The Hall–Kier alpha value is -1.19. The Labute approximate surface area is 112 Å². The monoisotopic (exact) mass is 263 g/mol. The maximum Gasteiger partial charge on any atom is 0.123 e. The van der Waals surface area contributed by atoms with E-state index in [0.29, 0.717) is 6.04 Å². The van der Waals surface area contributed by atoms with Gasteiger partial charge in [-0.15, -0.1) is 11.3 Å². The van der Waals surface area contributed by atoms with Gasteiger partial charge in [0.25, 0.3) is 0 Å². The van der Waals surface area contributed by atoms with Gasteiger partial charge in [0, 0.05) is 17.0 Å². The number of rotatable bonds is 5. The van der Waals surface area contributed by atoms with Crippen LogP contribution in [0.3, 0.4) is 0 Å². The van der Waals surface area contributed by atoms with Gasteiger partial charge < -0.3 is 5.32 Å². The Morgan fingerprint density at radius 2 is 2.11 bits per heavy atom. The number of nitrogens with one attached hydrogen (secondary N) is 1. The lowest BCUT2D eigenvalue weighted by Crippen LogP contribution is -2.23. The van der Waals surface area contributed by atoms with Crippen LogP contribution < -0.4 is 5.32 Å². The van der Waals surface area contributed by atoms with Gasteiger partial charge in [-0.25, -0.2) is 4.39 Å². The van der Waals surface area contributed by atoms with E-state index in [4.69, 9.17) is 0 Å². The highest BCUT2D eigenvalue weighted by Crippen LogP contribution is 2.24. The average molecular weight is 263 g/mol. The van der Waals surface area contributed by atoms with Crippen LogP contribution in [0.5, 0.6) is 0 Å². The Balaban J connectivity index is 2.10. The second-order valence-corrected chi connectivity index (χ2v) is 5.40. The van der Waals surface area contributed by atoms with E-state index in [2.05, 4.69) is 36.7 Å². The van der Waals surface area contributed by atoms with Crippen molar-refractivity contribution in [1.82, 2.24) is 5.32 Å². The minimum Gasteiger partial charge on any atom is -0.303 e. The summed E-state index contributed by atoms with van der Waals surface area (Å²) >= 11 is 1.75. The number of hydrogen-bond acceptors (Lipinski definition) is 2. The molecule has 3 heteroatoms. The lowest BCUT2D eigenvalue weighted by molar-refractivity contribution is 0.458. The molecule has 2 atom stereocenters. The molecule has 2 unspecified atom stereocenters. The summed E-state index contributed by atoms with van der Waals surface area (Å²) < 4.78 is 13.2. The predicted molar refractivity (Wildman–Crippen MR) is 75.3 cm³/mol. The van der Waals surface area contributed by atoms with Crippen molar-refractivity contribution in [2.75, 3.05) is 0 Å². The first-order chi connectivity index (χ1) is 8.70. The molecular weight excluding hydrogens is 245 g/mol. The standard InChI is InChI=1S/C15H18FNS/c1-3-14(12-6-4-7-13(16)10-12)17-11(2)15-8-5-9-18-15/h4-11,14,17H,3H2,1-2H3. The summed E-state index contributed by atoms with van der Waals surface area (Å²) in [6.45, 7) is 4.26. The quantitative estimate of drug-likeness (QED) is 0.825. The predicted octanol–water partition coefficient (Wildman–Crippen LogP) is 4.69. The molecule has 1 N–H and O–H groups in total. The summed E-state index contributed by atoms with van der Waals surface area (Å²) in [5, 5.41) is 5.64. The molecule has 0 spiro atoms. The maximum absolute atomic E-state index is 13.2. The average Bonchev–Trinajstić information content (AvgIpc) is 2.89. The molecule has 2 aromatic rings. The lowest BCUT2D eigenvalue weighted by atomic mass is 10.0. The van der Waals surface area contributed by atoms with Gasteiger partial charge in [-0.05, 0) is 42.5 Å². The van der Waals surface area contributed by atoms with Gasteiger partial charge in [0.05, 0.1) is 0 Å². The second kappa shape index (κ2) is 6.12. The van der Waals surface area contributed by atoms with Crippen LogP contribution in [0.25, 0.3) is 0 Å². The van der Waals surface area contributed by atoms with Gasteiger partial charge in [-0.3, -0.25) is 0 Å². The highest BCUT2D eigenvalue weighted by atomic mass is 32.1. The molecule has 96 valence electrons. The summed E-state index contributed by atoms with van der Waals surface area (Å²) in [7, 11) is 0. The van der Waals surface area contributed by atoms with Gasteiger partial charge in [0.1, 0.15) is 5.82 Å². The molecule has 0 saturated carbocycles. The van der Waals surface area contributed by atoms with Crippen LogP contribution in [0.2, 0.25) is 0 Å². The van der Waals surface area contributed by atoms with E-state index in [-0.39, 0.29) is 11.9 Å². The molecule has 0 radical (unpaired) electrons. The van der Waals surface area contributed by atoms with Crippen molar-refractivity contribution in [2.45, 2.75) is 32.4 Å². The van der Waals surface area contributed by atoms with Gasteiger partial charge in [-0.1, -0.05) is 25.1 Å². The summed E-state index contributed by atoms with van der Waals surface area (Å²) in [5.41, 5.74) is 1.01. The largest absolute Gasteiger partial charge is 0.303 e. The number of thiophene rings is 1. The SMILES string of the molecule is CCC(NC(C)c1cccs1)c1cccc(F)c1. The zero-order chi connectivity index (χ0) is 13.0. The van der Waals surface area contributed by atoms with Crippen molar-refractivity contribution in [1.29, 1.82) is 0 Å². The van der Waals surface area contributed by atoms with E-state index in [0.717, 1.165) is 12.0 Å². The van der Waals surface area contributed by atoms with Crippen molar-refractivity contribution in [2.24, 2.45) is 0 Å². The minimum absolute atomic E-state index is 0.170. The van der Waals surface area contributed by atoms with Crippen molar-refractivity contribution in [3.05, 3.63) is 58.0 Å². The highest BCUT2D eigenvalue weighted by molar-refractivity contribution is 7.10. The van der Waals surface area contributed by atoms with Gasteiger partial charge in [0.2, 0.25) is 0 Å². The fraction of sp³-hybridized carbons (Fsp3) is 0.333. The van der Waals surface area contributed by atoms with E-state index in [1.165, 1.54) is 10.9 Å². The number of halogens is 1. The Bertz CT molecular complexity index is 481. The molecule has 2 rings (SSSR count). The van der Waals surface area contributed by atoms with Crippen molar-refractivity contribution < 1.29 is 4.39 Å². The van der Waals surface area contributed by atoms with Gasteiger partial charge in [0.15, 0.2) is 0 Å². The zero-order valence-electron chi connectivity index (χ0n) is 10.7. The first-order valence-electron chi connectivity index (χ1n) is 6.25. The number of benzene rings is 1. The lowest BCUT2D eigenvalue weighted by Gasteiger charge is -2.22. The molecular formula is C15H18FNS. The van der Waals surface area contributed by atoms with Crippen LogP contribution in [-0.4, -0.2) is 0 Å². The Kier molecular flexibility index (Phi) is 4.50. The van der Waals surface area contributed by atoms with Gasteiger partial charge >= 0.3 is 0 Å². The summed E-state index contributed by atoms with van der Waals surface area (Å²) in [6, 6.07) is 11.5. The molecule has 0 fully saturated rings. The van der Waals surface area contributed by atoms with E-state index in [1.807, 2.05) is 6.07 Å². The second-order valence-electron chi connectivity index (χ2n) is 4.42. The summed E-state index contributed by atoms with van der Waals surface area (Å²) in [4.78, 5) is 1.31. The van der Waals surface area contributed by atoms with E-state index in [9.17, 15) is 4.39 Å². The fourth-order valence-corrected chi connectivity index (χ4v) is 2.84. The molecule has 0 aliphatic heterocycles. The van der Waals surface area contributed by atoms with Crippen LogP contribution in [0.15, 0.2) is 41.8 Å². The van der Waals surface area contributed by atoms with Crippen LogP contribution in [0.4, 0.5) is 4.39 Å². The minimum atomic E-state index is -0.170. The first-order valence-corrected chi connectivity index (χ1v) is 7.13. The zero-order valence-corrected chi connectivity index (χ0v) is 11.5. The van der Waals surface area contributed by atoms with Crippen LogP contribution in [0.1, 0.15) is 42.8 Å². The van der Waals surface area contributed by atoms with E-state index < -0.39 is 0 Å². The maximum atomic E-state index is 13.2. The molecule has 1 nitrogen and oxygen atoms in total. The highest BCUT2D eigenvalue weighted by Gasteiger charge is 2.14. The van der Waals surface area contributed by atoms with Crippen molar-refractivity contribution in [3.63, 3.8) is 0 Å². The Morgan fingerprint density at radius 3 is 2.72 bits per heavy atom. The summed E-state index contributed by atoms with van der Waals surface area (Å²) in [5.74, 6) is -0.170. The molecule has 18 heavy (non-hydrogen) atoms. The van der Waals surface area contributed by atoms with Crippen LogP contribution in [-0.2, 0) is 0 Å². The van der Waals surface area contributed by atoms with Crippen LogP contribution >= 0.6 is 11.3 Å². The first kappa shape index (κ1) is 13.2.